The Morgan fingerprint density at radius 3 is 2.30 bits per heavy atom. The van der Waals surface area contributed by atoms with E-state index in [-0.39, 0.29) is 17.6 Å². The van der Waals surface area contributed by atoms with Crippen LogP contribution in [-0.4, -0.2) is 29.4 Å². The molecule has 0 aliphatic heterocycles. The number of carbonyl (C=O) groups excluding carboxylic acids is 1. The van der Waals surface area contributed by atoms with Gasteiger partial charge in [0, 0.05) is 12.7 Å². The first-order chi connectivity index (χ1) is 14.1. The molecule has 1 aromatic heterocycles. The van der Waals surface area contributed by atoms with E-state index in [1.54, 1.807) is 29.9 Å². The van der Waals surface area contributed by atoms with Crippen molar-refractivity contribution in [3.8, 4) is 0 Å². The smallest absolute Gasteiger partial charge is 0.307 e. The van der Waals surface area contributed by atoms with Gasteiger partial charge in [0.25, 0.3) is 0 Å². The summed E-state index contributed by atoms with van der Waals surface area (Å²) in [5.41, 5.74) is 4.53. The van der Waals surface area contributed by atoms with Crippen LogP contribution in [0.4, 0.5) is 10.5 Å². The molecule has 0 saturated heterocycles. The molecule has 30 heavy (non-hydrogen) atoms. The largest absolute Gasteiger partial charge is 0.332 e. The number of benzene rings is 2. The monoisotopic (exact) mass is 429 g/mol. The Balaban J connectivity index is 1.79. The summed E-state index contributed by atoms with van der Waals surface area (Å²) >= 11 is 0. The quantitative estimate of drug-likeness (QED) is 0.619. The third kappa shape index (κ3) is 4.79. The number of nitrogens with one attached hydrogen (secondary N) is 2. The molecule has 0 spiro atoms. The highest BCUT2D eigenvalue weighted by molar-refractivity contribution is 7.89. The minimum Gasteiger partial charge on any atom is -0.307 e. The number of amides is 2. The molecule has 160 valence electrons. The number of urea groups is 1. The fourth-order valence-corrected chi connectivity index (χ4v) is 4.42. The van der Waals surface area contributed by atoms with Crippen molar-refractivity contribution >= 4 is 32.8 Å². The predicted octanol–water partition coefficient (Wildman–Crippen LogP) is 3.87. The topological polar surface area (TPSA) is 106 Å². The van der Waals surface area contributed by atoms with Crippen LogP contribution in [0.3, 0.4) is 0 Å². The van der Waals surface area contributed by atoms with Crippen LogP contribution in [0.2, 0.25) is 0 Å². The number of sulfonamides is 1. The molecule has 0 fully saturated rings. The van der Waals surface area contributed by atoms with Crippen LogP contribution >= 0.6 is 0 Å². The van der Waals surface area contributed by atoms with Crippen molar-refractivity contribution in [3.05, 3.63) is 53.1 Å². The molecular formula is C21H27N5O3S. The molecule has 3 rings (SSSR count). The minimum atomic E-state index is -3.90. The molecule has 0 aliphatic rings. The average Bonchev–Trinajstić information content (AvgIpc) is 3.01. The summed E-state index contributed by atoms with van der Waals surface area (Å²) in [5.74, 6) is 0.0226. The first-order valence-corrected chi connectivity index (χ1v) is 11.4. The van der Waals surface area contributed by atoms with E-state index in [0.717, 1.165) is 16.6 Å². The highest BCUT2D eigenvalue weighted by Crippen LogP contribution is 2.32. The zero-order valence-electron chi connectivity index (χ0n) is 17.8. The lowest BCUT2D eigenvalue weighted by atomic mass is 9.93. The second-order valence-electron chi connectivity index (χ2n) is 7.97. The third-order valence-corrected chi connectivity index (χ3v) is 6.10. The highest BCUT2D eigenvalue weighted by Gasteiger charge is 2.20. The Hall–Kier alpha value is -2.94. The summed E-state index contributed by atoms with van der Waals surface area (Å²) in [5, 5.41) is 10.7. The van der Waals surface area contributed by atoms with E-state index in [4.69, 9.17) is 0 Å². The molecule has 8 nitrogen and oxygen atoms in total. The predicted molar refractivity (Wildman–Crippen MR) is 118 cm³/mol. The molecule has 3 aromatic rings. The lowest BCUT2D eigenvalue weighted by molar-refractivity contribution is 0.256. The molecule has 2 amide bonds. The zero-order chi connectivity index (χ0) is 22.1. The summed E-state index contributed by atoms with van der Waals surface area (Å²) in [6.07, 6.45) is 0. The first-order valence-electron chi connectivity index (χ1n) is 9.80. The van der Waals surface area contributed by atoms with Crippen LogP contribution in [0.1, 0.15) is 56.2 Å². The summed E-state index contributed by atoms with van der Waals surface area (Å²) in [7, 11) is -2.16. The Kier molecular flexibility index (Phi) is 6.12. The van der Waals surface area contributed by atoms with Crippen LogP contribution < -0.4 is 10.0 Å². The van der Waals surface area contributed by atoms with Crippen molar-refractivity contribution in [1.29, 1.82) is 0 Å². The second kappa shape index (κ2) is 8.43. The number of carbonyl (C=O) groups is 1. The minimum absolute atomic E-state index is 0.176. The third-order valence-electron chi connectivity index (χ3n) is 4.89. The number of hydrogen-bond donors (Lipinski definition) is 2. The van der Waals surface area contributed by atoms with Crippen LogP contribution in [0.25, 0.3) is 11.0 Å². The zero-order valence-corrected chi connectivity index (χ0v) is 18.6. The Bertz CT molecular complexity index is 1160. The van der Waals surface area contributed by atoms with Gasteiger partial charge in [0.1, 0.15) is 5.52 Å². The number of fused-ring (bicyclic) bond motifs is 1. The van der Waals surface area contributed by atoms with Gasteiger partial charge in [0.2, 0.25) is 10.0 Å². The number of nitrogens with zero attached hydrogens (tertiary/aromatic N) is 3. The number of aromatic nitrogens is 3. The SMILES string of the molecule is CC(C)c1cccc(C(C)C)c1NC(=O)NS(=O)(=O)Cc1ccc2nnn(C)c2c1. The average molecular weight is 430 g/mol. The maximum Gasteiger partial charge on any atom is 0.332 e. The standard InChI is InChI=1S/C21H27N5O3S/c1-13(2)16-7-6-8-17(14(3)4)20(16)22-21(27)24-30(28,29)12-15-9-10-18-19(11-15)26(5)25-23-18/h6-11,13-14H,12H2,1-5H3,(H2,22,24,27). The number of anilines is 1. The van der Waals surface area contributed by atoms with Gasteiger partial charge < -0.3 is 5.32 Å². The van der Waals surface area contributed by atoms with Crippen molar-refractivity contribution in [3.63, 3.8) is 0 Å². The lowest BCUT2D eigenvalue weighted by Gasteiger charge is -2.20. The van der Waals surface area contributed by atoms with E-state index in [0.29, 0.717) is 16.8 Å². The number of hydrogen-bond acceptors (Lipinski definition) is 5. The molecule has 2 N–H and O–H groups in total. The van der Waals surface area contributed by atoms with Crippen LogP contribution in [0, 0.1) is 0 Å². The van der Waals surface area contributed by atoms with Gasteiger partial charge in [-0.05, 0) is 40.7 Å². The molecular weight excluding hydrogens is 402 g/mol. The molecule has 9 heteroatoms. The van der Waals surface area contributed by atoms with Crippen LogP contribution in [-0.2, 0) is 22.8 Å². The summed E-state index contributed by atoms with van der Waals surface area (Å²) in [6, 6.07) is 10.1. The molecule has 0 atom stereocenters. The Labute approximate surface area is 176 Å². The van der Waals surface area contributed by atoms with E-state index in [9.17, 15) is 13.2 Å². The van der Waals surface area contributed by atoms with E-state index in [1.165, 1.54) is 0 Å². The second-order valence-corrected chi connectivity index (χ2v) is 9.69. The van der Waals surface area contributed by atoms with Crippen molar-refractivity contribution in [2.75, 3.05) is 5.32 Å². The van der Waals surface area contributed by atoms with E-state index < -0.39 is 16.1 Å². The molecule has 0 bridgehead atoms. The van der Waals surface area contributed by atoms with Gasteiger partial charge in [0.05, 0.1) is 11.3 Å². The first kappa shape index (κ1) is 21.8. The van der Waals surface area contributed by atoms with Crippen molar-refractivity contribution in [2.24, 2.45) is 7.05 Å². The number of rotatable bonds is 6. The number of aryl methyl sites for hydroxylation is 1. The van der Waals surface area contributed by atoms with Gasteiger partial charge in [-0.2, -0.15) is 0 Å². The Morgan fingerprint density at radius 2 is 1.70 bits per heavy atom. The van der Waals surface area contributed by atoms with E-state index in [2.05, 4.69) is 20.4 Å². The Morgan fingerprint density at radius 1 is 1.07 bits per heavy atom. The number of para-hydroxylation sites is 1. The molecule has 2 aromatic carbocycles. The molecule has 0 aliphatic carbocycles. The highest BCUT2D eigenvalue weighted by atomic mass is 32.2. The molecule has 0 saturated carbocycles. The van der Waals surface area contributed by atoms with Gasteiger partial charge >= 0.3 is 6.03 Å². The van der Waals surface area contributed by atoms with Gasteiger partial charge in [-0.25, -0.2) is 22.6 Å². The van der Waals surface area contributed by atoms with Gasteiger partial charge in [-0.1, -0.05) is 57.2 Å². The van der Waals surface area contributed by atoms with Gasteiger partial charge in [-0.3, -0.25) is 0 Å². The molecule has 0 unspecified atom stereocenters. The maximum absolute atomic E-state index is 12.6. The fraction of sp³-hybridized carbons (Fsp3) is 0.381. The van der Waals surface area contributed by atoms with Crippen LogP contribution in [0.5, 0.6) is 0 Å². The van der Waals surface area contributed by atoms with Crippen molar-refractivity contribution in [2.45, 2.75) is 45.3 Å². The summed E-state index contributed by atoms with van der Waals surface area (Å²) < 4.78 is 28.9. The van der Waals surface area contributed by atoms with Gasteiger partial charge in [-0.15, -0.1) is 5.10 Å². The van der Waals surface area contributed by atoms with Crippen LogP contribution in [0.15, 0.2) is 36.4 Å². The van der Waals surface area contributed by atoms with Gasteiger partial charge in [0.15, 0.2) is 0 Å². The summed E-state index contributed by atoms with van der Waals surface area (Å²) in [4.78, 5) is 12.6. The maximum atomic E-state index is 12.6. The fourth-order valence-electron chi connectivity index (χ4n) is 3.40. The van der Waals surface area contributed by atoms with Crippen molar-refractivity contribution in [1.82, 2.24) is 19.7 Å². The lowest BCUT2D eigenvalue weighted by Crippen LogP contribution is -2.35. The summed E-state index contributed by atoms with van der Waals surface area (Å²) in [6.45, 7) is 8.12. The normalized spacial score (nSPS) is 12.0. The van der Waals surface area contributed by atoms with E-state index >= 15 is 0 Å². The van der Waals surface area contributed by atoms with E-state index in [1.807, 2.05) is 45.9 Å². The van der Waals surface area contributed by atoms with Crippen molar-refractivity contribution < 1.29 is 13.2 Å². The molecule has 1 heterocycles. The molecule has 0 radical (unpaired) electrons.